The van der Waals surface area contributed by atoms with Gasteiger partial charge in [0.25, 0.3) is 5.91 Å². The van der Waals surface area contributed by atoms with E-state index in [4.69, 9.17) is 11.6 Å². The average Bonchev–Trinajstić information content (AvgIpc) is 2.78. The predicted octanol–water partition coefficient (Wildman–Crippen LogP) is 4.87. The molecule has 1 aliphatic rings. The number of rotatable bonds is 2. The Labute approximate surface area is 148 Å². The second-order valence-electron chi connectivity index (χ2n) is 5.90. The molecule has 122 valence electrons. The fraction of sp³-hybridized carbons (Fsp3) is 0.278. The summed E-state index contributed by atoms with van der Waals surface area (Å²) in [5.41, 5.74) is 1.76. The van der Waals surface area contributed by atoms with Crippen molar-refractivity contribution < 1.29 is 4.79 Å². The Hall–Kier alpha value is -1.98. The highest BCUT2D eigenvalue weighted by Crippen LogP contribution is 2.37. The molecule has 4 nitrogen and oxygen atoms in total. The number of hydrogen-bond acceptors (Lipinski definition) is 4. The van der Waals surface area contributed by atoms with Crippen molar-refractivity contribution in [2.75, 3.05) is 5.32 Å². The van der Waals surface area contributed by atoms with E-state index >= 15 is 0 Å². The third kappa shape index (κ3) is 2.78. The number of halogens is 1. The van der Waals surface area contributed by atoms with Gasteiger partial charge >= 0.3 is 0 Å². The molecule has 4 rings (SSSR count). The van der Waals surface area contributed by atoms with Crippen molar-refractivity contribution in [2.45, 2.75) is 32.1 Å². The number of nitrogens with one attached hydrogen (secondary N) is 1. The number of fused-ring (bicyclic) bond motifs is 3. The monoisotopic (exact) mass is 357 g/mol. The zero-order chi connectivity index (χ0) is 16.5. The van der Waals surface area contributed by atoms with Gasteiger partial charge in [0.2, 0.25) is 0 Å². The maximum Gasteiger partial charge on any atom is 0.258 e. The zero-order valence-corrected chi connectivity index (χ0v) is 14.6. The molecule has 0 spiro atoms. The van der Waals surface area contributed by atoms with E-state index in [2.05, 4.69) is 15.3 Å². The van der Waals surface area contributed by atoms with Crippen molar-refractivity contribution >= 4 is 44.9 Å². The van der Waals surface area contributed by atoms with E-state index in [-0.39, 0.29) is 5.91 Å². The summed E-state index contributed by atoms with van der Waals surface area (Å²) in [5.74, 6) is 0.346. The molecule has 1 aromatic carbocycles. The Kier molecular flexibility index (Phi) is 4.21. The van der Waals surface area contributed by atoms with Crippen LogP contribution in [0, 0.1) is 0 Å². The Bertz CT molecular complexity index is 922. The van der Waals surface area contributed by atoms with Gasteiger partial charge in [0.05, 0.1) is 16.0 Å². The van der Waals surface area contributed by atoms with Crippen molar-refractivity contribution in [2.24, 2.45) is 0 Å². The Morgan fingerprint density at radius 1 is 1.12 bits per heavy atom. The lowest BCUT2D eigenvalue weighted by Gasteiger charge is -2.08. The molecule has 0 atom stereocenters. The van der Waals surface area contributed by atoms with E-state index in [1.54, 1.807) is 35.6 Å². The second kappa shape index (κ2) is 6.49. The van der Waals surface area contributed by atoms with Gasteiger partial charge in [0, 0.05) is 4.88 Å². The van der Waals surface area contributed by atoms with Crippen molar-refractivity contribution in [3.05, 3.63) is 51.6 Å². The number of benzene rings is 1. The number of carbonyl (C=O) groups excluding carboxylic acids is 1. The van der Waals surface area contributed by atoms with Crippen LogP contribution in [0.2, 0.25) is 5.02 Å². The van der Waals surface area contributed by atoms with Crippen LogP contribution in [0.1, 0.15) is 40.1 Å². The third-order valence-electron chi connectivity index (χ3n) is 4.35. The zero-order valence-electron chi connectivity index (χ0n) is 13.0. The molecule has 24 heavy (non-hydrogen) atoms. The SMILES string of the molecule is O=C(Nc1ncnc2sc3c(c12)CCCCC3)c1ccccc1Cl. The molecule has 3 aromatic rings. The van der Waals surface area contributed by atoms with E-state index in [0.717, 1.165) is 23.1 Å². The van der Waals surface area contributed by atoms with Gasteiger partial charge in [-0.05, 0) is 43.4 Å². The topological polar surface area (TPSA) is 54.9 Å². The first-order chi connectivity index (χ1) is 11.7. The fourth-order valence-corrected chi connectivity index (χ4v) is 4.63. The van der Waals surface area contributed by atoms with Crippen LogP contribution in [0.15, 0.2) is 30.6 Å². The number of anilines is 1. The smallest absolute Gasteiger partial charge is 0.258 e. The molecule has 0 bridgehead atoms. The minimum Gasteiger partial charge on any atom is -0.306 e. The summed E-state index contributed by atoms with van der Waals surface area (Å²) in [4.78, 5) is 23.7. The maximum absolute atomic E-state index is 12.6. The van der Waals surface area contributed by atoms with Crippen molar-refractivity contribution in [1.29, 1.82) is 0 Å². The van der Waals surface area contributed by atoms with Crippen molar-refractivity contribution in [3.8, 4) is 0 Å². The molecule has 0 aliphatic heterocycles. The number of aryl methyl sites for hydroxylation is 2. The maximum atomic E-state index is 12.6. The molecule has 0 radical (unpaired) electrons. The van der Waals surface area contributed by atoms with Gasteiger partial charge in [-0.2, -0.15) is 0 Å². The summed E-state index contributed by atoms with van der Waals surface area (Å²) in [6, 6.07) is 7.03. The summed E-state index contributed by atoms with van der Waals surface area (Å²) in [7, 11) is 0. The average molecular weight is 358 g/mol. The number of hydrogen-bond donors (Lipinski definition) is 1. The van der Waals surface area contributed by atoms with Gasteiger partial charge in [-0.1, -0.05) is 30.2 Å². The van der Waals surface area contributed by atoms with Gasteiger partial charge in [-0.3, -0.25) is 4.79 Å². The number of aromatic nitrogens is 2. The fourth-order valence-electron chi connectivity index (χ4n) is 3.18. The molecule has 0 unspecified atom stereocenters. The first-order valence-corrected chi connectivity index (χ1v) is 9.24. The van der Waals surface area contributed by atoms with Crippen LogP contribution >= 0.6 is 22.9 Å². The first kappa shape index (κ1) is 15.5. The molecule has 0 saturated heterocycles. The van der Waals surface area contributed by atoms with Crippen LogP contribution in [-0.2, 0) is 12.8 Å². The van der Waals surface area contributed by atoms with Crippen LogP contribution in [0.5, 0.6) is 0 Å². The lowest BCUT2D eigenvalue weighted by molar-refractivity contribution is 0.102. The van der Waals surface area contributed by atoms with E-state index < -0.39 is 0 Å². The highest BCUT2D eigenvalue weighted by Gasteiger charge is 2.20. The molecular formula is C18H16ClN3OS. The highest BCUT2D eigenvalue weighted by molar-refractivity contribution is 7.19. The molecule has 6 heteroatoms. The van der Waals surface area contributed by atoms with Crippen LogP contribution in [0.4, 0.5) is 5.82 Å². The van der Waals surface area contributed by atoms with Gasteiger partial charge in [0.15, 0.2) is 0 Å². The van der Waals surface area contributed by atoms with Crippen molar-refractivity contribution in [3.63, 3.8) is 0 Å². The first-order valence-electron chi connectivity index (χ1n) is 8.05. The number of carbonyl (C=O) groups is 1. The summed E-state index contributed by atoms with van der Waals surface area (Å²) < 4.78 is 0. The van der Waals surface area contributed by atoms with E-state index in [1.165, 1.54) is 36.0 Å². The number of amides is 1. The molecule has 2 aromatic heterocycles. The van der Waals surface area contributed by atoms with E-state index in [9.17, 15) is 4.79 Å². The van der Waals surface area contributed by atoms with E-state index in [1.807, 2.05) is 0 Å². The second-order valence-corrected chi connectivity index (χ2v) is 7.39. The minimum atomic E-state index is -0.242. The molecule has 1 aliphatic carbocycles. The quantitative estimate of drug-likeness (QED) is 0.666. The van der Waals surface area contributed by atoms with Gasteiger partial charge in [-0.25, -0.2) is 9.97 Å². The van der Waals surface area contributed by atoms with Gasteiger partial charge in [0.1, 0.15) is 17.0 Å². The summed E-state index contributed by atoms with van der Waals surface area (Å²) in [6.45, 7) is 0. The normalized spacial score (nSPS) is 14.2. The molecule has 0 saturated carbocycles. The van der Waals surface area contributed by atoms with E-state index in [0.29, 0.717) is 16.4 Å². The van der Waals surface area contributed by atoms with Crippen LogP contribution in [-0.4, -0.2) is 15.9 Å². The van der Waals surface area contributed by atoms with Crippen LogP contribution in [0.3, 0.4) is 0 Å². The molecule has 1 N–H and O–H groups in total. The number of thiophene rings is 1. The summed E-state index contributed by atoms with van der Waals surface area (Å²) in [5, 5.41) is 4.37. The standard InChI is InChI=1S/C18H16ClN3OS/c19-13-8-5-4-6-11(13)17(23)22-16-15-12-7-2-1-3-9-14(12)24-18(15)21-10-20-16/h4-6,8,10H,1-3,7,9H2,(H,20,21,22,23). The van der Waals surface area contributed by atoms with Gasteiger partial charge < -0.3 is 5.32 Å². The summed E-state index contributed by atoms with van der Waals surface area (Å²) >= 11 is 7.85. The van der Waals surface area contributed by atoms with Crippen LogP contribution < -0.4 is 5.32 Å². The Morgan fingerprint density at radius 2 is 1.96 bits per heavy atom. The number of nitrogens with zero attached hydrogens (tertiary/aromatic N) is 2. The minimum absolute atomic E-state index is 0.242. The predicted molar refractivity (Wildman–Crippen MR) is 98.1 cm³/mol. The Balaban J connectivity index is 1.76. The lowest BCUT2D eigenvalue weighted by Crippen LogP contribution is -2.14. The van der Waals surface area contributed by atoms with Gasteiger partial charge in [-0.15, -0.1) is 11.3 Å². The molecule has 2 heterocycles. The largest absolute Gasteiger partial charge is 0.306 e. The summed E-state index contributed by atoms with van der Waals surface area (Å²) in [6.07, 6.45) is 7.27. The highest BCUT2D eigenvalue weighted by atomic mass is 35.5. The molecular weight excluding hydrogens is 342 g/mol. The molecule has 0 fully saturated rings. The van der Waals surface area contributed by atoms with Crippen molar-refractivity contribution in [1.82, 2.24) is 9.97 Å². The Morgan fingerprint density at radius 3 is 2.83 bits per heavy atom. The lowest BCUT2D eigenvalue weighted by atomic mass is 10.1. The third-order valence-corrected chi connectivity index (χ3v) is 5.88. The van der Waals surface area contributed by atoms with Crippen LogP contribution in [0.25, 0.3) is 10.2 Å². The molecule has 1 amide bonds.